The minimum Gasteiger partial charge on any atom is -0.300 e. The van der Waals surface area contributed by atoms with Gasteiger partial charge in [-0.05, 0) is 18.2 Å². The molecule has 2 heterocycles. The monoisotopic (exact) mass is 324 g/mol. The number of Topliss-reactive ketones (excluding diaryl/α,β-unsaturated/α-hetero) is 1. The van der Waals surface area contributed by atoms with E-state index in [-0.39, 0.29) is 34.7 Å². The zero-order valence-electron chi connectivity index (χ0n) is 11.7. The lowest BCUT2D eigenvalue weighted by atomic mass is 10.1. The fourth-order valence-corrected chi connectivity index (χ4v) is 3.06. The van der Waals surface area contributed by atoms with Crippen LogP contribution in [0.3, 0.4) is 0 Å². The molecule has 2 aliphatic heterocycles. The number of imide groups is 1. The fourth-order valence-electron chi connectivity index (χ4n) is 2.88. The molecular weight excluding hydrogens is 311 g/mol. The number of hydrogen-bond donors (Lipinski definition) is 0. The lowest BCUT2D eigenvalue weighted by Gasteiger charge is -2.29. The summed E-state index contributed by atoms with van der Waals surface area (Å²) in [6, 6.07) is 3.21. The van der Waals surface area contributed by atoms with Crippen molar-refractivity contribution in [1.82, 2.24) is 4.90 Å². The smallest absolute Gasteiger partial charge is 0.251 e. The van der Waals surface area contributed by atoms with Gasteiger partial charge in [-0.2, -0.15) is 0 Å². The van der Waals surface area contributed by atoms with Crippen LogP contribution in [0.2, 0.25) is 5.02 Å². The van der Waals surface area contributed by atoms with Crippen LogP contribution in [0.15, 0.2) is 18.2 Å². The molecule has 0 spiro atoms. The highest BCUT2D eigenvalue weighted by Crippen LogP contribution is 2.29. The molecule has 0 bridgehead atoms. The molecule has 7 heteroatoms. The SMILES string of the molecule is O=C1CCN([C@@H]2CC(=O)N(c3ccc(F)c(Cl)c3)C2=O)CC1. The van der Waals surface area contributed by atoms with Crippen LogP contribution in [0, 0.1) is 5.82 Å². The number of halogens is 2. The average Bonchev–Trinajstić information content (AvgIpc) is 2.78. The first kappa shape index (κ1) is 15.1. The van der Waals surface area contributed by atoms with Gasteiger partial charge in [-0.3, -0.25) is 19.3 Å². The van der Waals surface area contributed by atoms with E-state index in [4.69, 9.17) is 11.6 Å². The molecule has 0 N–H and O–H groups in total. The van der Waals surface area contributed by atoms with Crippen molar-refractivity contribution in [2.45, 2.75) is 25.3 Å². The Bertz CT molecular complexity index is 654. The van der Waals surface area contributed by atoms with Crippen LogP contribution in [-0.2, 0) is 14.4 Å². The third-order valence-corrected chi connectivity index (χ3v) is 4.37. The van der Waals surface area contributed by atoms with E-state index >= 15 is 0 Å². The van der Waals surface area contributed by atoms with Gasteiger partial charge in [-0.1, -0.05) is 11.6 Å². The maximum Gasteiger partial charge on any atom is 0.251 e. The van der Waals surface area contributed by atoms with Crippen molar-refractivity contribution in [2.24, 2.45) is 0 Å². The second-order valence-corrected chi connectivity index (χ2v) is 5.87. The molecule has 3 rings (SSSR count). The minimum atomic E-state index is -0.601. The van der Waals surface area contributed by atoms with E-state index in [2.05, 4.69) is 0 Å². The predicted molar refractivity (Wildman–Crippen MR) is 78.1 cm³/mol. The number of carbonyl (C=O) groups excluding carboxylic acids is 3. The number of hydrogen-bond acceptors (Lipinski definition) is 4. The fraction of sp³-hybridized carbons (Fsp3) is 0.400. The maximum atomic E-state index is 13.2. The van der Waals surface area contributed by atoms with Gasteiger partial charge in [0.05, 0.1) is 23.2 Å². The van der Waals surface area contributed by atoms with Crippen molar-refractivity contribution >= 4 is 34.9 Å². The summed E-state index contributed by atoms with van der Waals surface area (Å²) in [7, 11) is 0. The van der Waals surface area contributed by atoms with Gasteiger partial charge < -0.3 is 0 Å². The highest BCUT2D eigenvalue weighted by molar-refractivity contribution is 6.31. The number of rotatable bonds is 2. The molecule has 2 saturated heterocycles. The van der Waals surface area contributed by atoms with Crippen LogP contribution in [0.4, 0.5) is 10.1 Å². The molecule has 5 nitrogen and oxygen atoms in total. The Labute approximate surface area is 131 Å². The summed E-state index contributed by atoms with van der Waals surface area (Å²) < 4.78 is 13.2. The van der Waals surface area contributed by atoms with Crippen LogP contribution < -0.4 is 4.90 Å². The molecule has 0 unspecified atom stereocenters. The molecule has 1 atom stereocenters. The molecule has 116 valence electrons. The lowest BCUT2D eigenvalue weighted by molar-refractivity contribution is -0.127. The van der Waals surface area contributed by atoms with Crippen molar-refractivity contribution in [3.63, 3.8) is 0 Å². The largest absolute Gasteiger partial charge is 0.300 e. The van der Waals surface area contributed by atoms with Crippen LogP contribution in [0.5, 0.6) is 0 Å². The van der Waals surface area contributed by atoms with Gasteiger partial charge in [-0.15, -0.1) is 0 Å². The first-order chi connectivity index (χ1) is 10.5. The van der Waals surface area contributed by atoms with Gasteiger partial charge in [0.25, 0.3) is 5.91 Å². The average molecular weight is 325 g/mol. The van der Waals surface area contributed by atoms with Gasteiger partial charge in [0.1, 0.15) is 11.6 Å². The molecule has 1 aromatic rings. The van der Waals surface area contributed by atoms with Crippen molar-refractivity contribution in [3.05, 3.63) is 29.0 Å². The molecular formula is C15H14ClFN2O3. The summed E-state index contributed by atoms with van der Waals surface area (Å²) in [4.78, 5) is 38.9. The number of benzene rings is 1. The molecule has 22 heavy (non-hydrogen) atoms. The molecule has 2 amide bonds. The molecule has 1 aromatic carbocycles. The number of ketones is 1. The summed E-state index contributed by atoms with van der Waals surface area (Å²) in [5.74, 6) is -1.11. The highest BCUT2D eigenvalue weighted by atomic mass is 35.5. The Morgan fingerprint density at radius 1 is 1.14 bits per heavy atom. The van der Waals surface area contributed by atoms with Gasteiger partial charge in [0.15, 0.2) is 0 Å². The van der Waals surface area contributed by atoms with E-state index in [1.165, 1.54) is 12.1 Å². The molecule has 0 aliphatic carbocycles. The summed E-state index contributed by atoms with van der Waals surface area (Å²) >= 11 is 5.72. The van der Waals surface area contributed by atoms with E-state index in [1.807, 2.05) is 4.90 Å². The maximum absolute atomic E-state index is 13.2. The zero-order valence-corrected chi connectivity index (χ0v) is 12.5. The van der Waals surface area contributed by atoms with Crippen LogP contribution in [-0.4, -0.2) is 41.6 Å². The number of nitrogens with zero attached hydrogens (tertiary/aromatic N) is 2. The highest BCUT2D eigenvalue weighted by Gasteiger charge is 2.43. The van der Waals surface area contributed by atoms with Crippen molar-refractivity contribution in [3.8, 4) is 0 Å². The van der Waals surface area contributed by atoms with E-state index in [0.29, 0.717) is 25.9 Å². The van der Waals surface area contributed by atoms with Crippen LogP contribution in [0.25, 0.3) is 0 Å². The molecule has 2 aliphatic rings. The van der Waals surface area contributed by atoms with Gasteiger partial charge in [0.2, 0.25) is 5.91 Å². The summed E-state index contributed by atoms with van der Waals surface area (Å²) in [6.45, 7) is 0.973. The third-order valence-electron chi connectivity index (χ3n) is 4.08. The topological polar surface area (TPSA) is 57.7 Å². The Morgan fingerprint density at radius 3 is 2.45 bits per heavy atom. The molecule has 2 fully saturated rings. The summed E-state index contributed by atoms with van der Waals surface area (Å²) in [6.07, 6.45) is 0.878. The van der Waals surface area contributed by atoms with Gasteiger partial charge in [0, 0.05) is 25.9 Å². The number of amides is 2. The second kappa shape index (κ2) is 5.78. The van der Waals surface area contributed by atoms with E-state index in [9.17, 15) is 18.8 Å². The minimum absolute atomic E-state index is 0.0714. The molecule has 0 radical (unpaired) electrons. The second-order valence-electron chi connectivity index (χ2n) is 5.46. The number of carbonyl (C=O) groups is 3. The Balaban J connectivity index is 1.82. The van der Waals surface area contributed by atoms with Gasteiger partial charge in [-0.25, -0.2) is 9.29 Å². The van der Waals surface area contributed by atoms with E-state index in [1.54, 1.807) is 0 Å². The van der Waals surface area contributed by atoms with E-state index in [0.717, 1.165) is 11.0 Å². The third kappa shape index (κ3) is 2.64. The first-order valence-corrected chi connectivity index (χ1v) is 7.43. The van der Waals surface area contributed by atoms with Crippen molar-refractivity contribution in [2.75, 3.05) is 18.0 Å². The number of piperidine rings is 1. The lowest BCUT2D eigenvalue weighted by Crippen LogP contribution is -2.46. The Morgan fingerprint density at radius 2 is 1.82 bits per heavy atom. The zero-order chi connectivity index (χ0) is 15.9. The number of anilines is 1. The molecule has 0 saturated carbocycles. The number of likely N-dealkylation sites (tertiary alicyclic amines) is 1. The summed E-state index contributed by atoms with van der Waals surface area (Å²) in [5, 5.41) is -0.134. The van der Waals surface area contributed by atoms with E-state index < -0.39 is 11.9 Å². The first-order valence-electron chi connectivity index (χ1n) is 7.05. The van der Waals surface area contributed by atoms with Crippen LogP contribution >= 0.6 is 11.6 Å². The predicted octanol–water partition coefficient (Wildman–Crippen LogP) is 1.78. The van der Waals surface area contributed by atoms with Gasteiger partial charge >= 0.3 is 0 Å². The Kier molecular flexibility index (Phi) is 3.97. The normalized spacial score (nSPS) is 23.5. The summed E-state index contributed by atoms with van der Waals surface area (Å²) in [5.41, 5.74) is 0.275. The Hall–Kier alpha value is -1.79. The molecule has 0 aromatic heterocycles. The van der Waals surface area contributed by atoms with Crippen LogP contribution in [0.1, 0.15) is 19.3 Å². The standard InChI is InChI=1S/C15H14ClFN2O3/c16-11-7-9(1-2-12(11)17)19-14(21)8-13(15(19)22)18-5-3-10(20)4-6-18/h1-2,7,13H,3-6,8H2/t13-/m1/s1. The van der Waals surface area contributed by atoms with Crippen molar-refractivity contribution in [1.29, 1.82) is 0 Å². The quantitative estimate of drug-likeness (QED) is 0.778. The van der Waals surface area contributed by atoms with Crippen molar-refractivity contribution < 1.29 is 18.8 Å².